The minimum Gasteiger partial charge on any atom is -0.316 e. The molecule has 1 N–H and O–H groups in total. The Labute approximate surface area is 107 Å². The Kier molecular flexibility index (Phi) is 4.41. The molecule has 0 saturated heterocycles. The molecule has 2 atom stereocenters. The molecule has 3 heteroatoms. The fraction of sp³-hybridized carbons (Fsp3) is 0.571. The van der Waals surface area contributed by atoms with Gasteiger partial charge in [0.15, 0.2) is 0 Å². The Hall–Kier alpha value is -0.600. The monoisotopic (exact) mass is 255 g/mol. The summed E-state index contributed by atoms with van der Waals surface area (Å²) in [7, 11) is 1.98. The molecule has 2 rings (SSSR count). The second-order valence-electron chi connectivity index (χ2n) is 4.81. The van der Waals surface area contributed by atoms with Crippen LogP contribution < -0.4 is 5.32 Å². The molecule has 1 aromatic rings. The van der Waals surface area contributed by atoms with Gasteiger partial charge in [-0.1, -0.05) is 30.9 Å². The van der Waals surface area contributed by atoms with Gasteiger partial charge in [0.2, 0.25) is 0 Å². The van der Waals surface area contributed by atoms with Gasteiger partial charge in [0, 0.05) is 17.0 Å². The van der Waals surface area contributed by atoms with Crippen LogP contribution >= 0.6 is 11.6 Å². The van der Waals surface area contributed by atoms with Crippen LogP contribution in [0.1, 0.15) is 43.6 Å². The summed E-state index contributed by atoms with van der Waals surface area (Å²) in [5, 5.41) is 4.05. The minimum atomic E-state index is -0.191. The predicted octanol–water partition coefficient (Wildman–Crippen LogP) is 4.11. The Morgan fingerprint density at radius 1 is 1.24 bits per heavy atom. The highest BCUT2D eigenvalue weighted by molar-refractivity contribution is 6.31. The maximum Gasteiger partial charge on any atom is 0.123 e. The smallest absolute Gasteiger partial charge is 0.123 e. The van der Waals surface area contributed by atoms with Crippen LogP contribution in [0, 0.1) is 5.82 Å². The lowest BCUT2D eigenvalue weighted by Crippen LogP contribution is -2.31. The van der Waals surface area contributed by atoms with Crippen LogP contribution in [-0.2, 0) is 0 Å². The molecule has 0 spiro atoms. The third kappa shape index (κ3) is 2.99. The summed E-state index contributed by atoms with van der Waals surface area (Å²) in [4.78, 5) is 0. The van der Waals surface area contributed by atoms with Gasteiger partial charge in [-0.3, -0.25) is 0 Å². The van der Waals surface area contributed by atoms with Crippen molar-refractivity contribution in [3.05, 3.63) is 34.6 Å². The minimum absolute atomic E-state index is 0.191. The Morgan fingerprint density at radius 2 is 2.00 bits per heavy atom. The van der Waals surface area contributed by atoms with Crippen LogP contribution in [0.2, 0.25) is 5.02 Å². The predicted molar refractivity (Wildman–Crippen MR) is 70.1 cm³/mol. The van der Waals surface area contributed by atoms with E-state index in [1.807, 2.05) is 7.05 Å². The number of rotatable bonds is 2. The Balaban J connectivity index is 2.31. The first-order valence-electron chi connectivity index (χ1n) is 6.34. The molecule has 1 fully saturated rings. The molecular formula is C14H19ClFN. The van der Waals surface area contributed by atoms with E-state index in [0.717, 1.165) is 18.4 Å². The first-order chi connectivity index (χ1) is 8.22. The highest BCUT2D eigenvalue weighted by Gasteiger charge is 2.25. The Morgan fingerprint density at radius 3 is 2.76 bits per heavy atom. The van der Waals surface area contributed by atoms with E-state index in [0.29, 0.717) is 17.0 Å². The van der Waals surface area contributed by atoms with Crippen molar-refractivity contribution in [2.75, 3.05) is 7.05 Å². The van der Waals surface area contributed by atoms with Crippen molar-refractivity contribution in [2.45, 2.75) is 44.1 Å². The maximum atomic E-state index is 13.4. The molecule has 1 aromatic carbocycles. The molecule has 0 radical (unpaired) electrons. The number of hydrogen-bond acceptors (Lipinski definition) is 1. The zero-order valence-corrected chi connectivity index (χ0v) is 10.9. The Bertz CT molecular complexity index is 380. The third-order valence-corrected chi connectivity index (χ3v) is 4.09. The van der Waals surface area contributed by atoms with Crippen molar-refractivity contribution in [3.8, 4) is 0 Å². The fourth-order valence-corrected chi connectivity index (χ4v) is 3.08. The lowest BCUT2D eigenvalue weighted by atomic mass is 9.87. The van der Waals surface area contributed by atoms with Gasteiger partial charge in [-0.25, -0.2) is 4.39 Å². The van der Waals surface area contributed by atoms with E-state index in [1.165, 1.54) is 25.3 Å². The molecule has 94 valence electrons. The summed E-state index contributed by atoms with van der Waals surface area (Å²) in [5.74, 6) is 0.147. The number of likely N-dealkylation sites (N-methyl/N-ethyl adjacent to an activating group) is 1. The average molecular weight is 256 g/mol. The van der Waals surface area contributed by atoms with Gasteiger partial charge < -0.3 is 5.32 Å². The van der Waals surface area contributed by atoms with Gasteiger partial charge >= 0.3 is 0 Å². The molecule has 1 saturated carbocycles. The van der Waals surface area contributed by atoms with E-state index in [4.69, 9.17) is 11.6 Å². The third-order valence-electron chi connectivity index (χ3n) is 3.74. The highest BCUT2D eigenvalue weighted by atomic mass is 35.5. The zero-order chi connectivity index (χ0) is 12.3. The fourth-order valence-electron chi connectivity index (χ4n) is 2.82. The van der Waals surface area contributed by atoms with Crippen molar-refractivity contribution in [2.24, 2.45) is 0 Å². The number of halogens is 2. The van der Waals surface area contributed by atoms with E-state index in [-0.39, 0.29) is 5.82 Å². The summed E-state index contributed by atoms with van der Waals surface area (Å²) in [6.45, 7) is 0. The van der Waals surface area contributed by atoms with E-state index in [9.17, 15) is 4.39 Å². The maximum absolute atomic E-state index is 13.4. The summed E-state index contributed by atoms with van der Waals surface area (Å²) in [5.41, 5.74) is 0.966. The molecule has 0 bridgehead atoms. The molecule has 1 aliphatic rings. The van der Waals surface area contributed by atoms with E-state index in [1.54, 1.807) is 12.1 Å². The second kappa shape index (κ2) is 5.83. The van der Waals surface area contributed by atoms with Crippen molar-refractivity contribution < 1.29 is 4.39 Å². The normalized spacial score (nSPS) is 25.6. The lowest BCUT2D eigenvalue weighted by Gasteiger charge is -2.26. The quantitative estimate of drug-likeness (QED) is 0.784. The molecule has 1 aliphatic carbocycles. The topological polar surface area (TPSA) is 12.0 Å². The van der Waals surface area contributed by atoms with Gasteiger partial charge in [0.05, 0.1) is 0 Å². The highest BCUT2D eigenvalue weighted by Crippen LogP contribution is 2.35. The summed E-state index contributed by atoms with van der Waals surface area (Å²) in [6, 6.07) is 5.11. The van der Waals surface area contributed by atoms with Crippen LogP contribution in [0.5, 0.6) is 0 Å². The number of benzene rings is 1. The first-order valence-corrected chi connectivity index (χ1v) is 6.72. The molecule has 1 nitrogen and oxygen atoms in total. The number of hydrogen-bond donors (Lipinski definition) is 1. The van der Waals surface area contributed by atoms with E-state index < -0.39 is 0 Å². The van der Waals surface area contributed by atoms with Crippen molar-refractivity contribution in [3.63, 3.8) is 0 Å². The number of nitrogens with one attached hydrogen (secondary N) is 1. The SMILES string of the molecule is CNC1CCCCCC1c1cc(F)ccc1Cl. The van der Waals surface area contributed by atoms with E-state index >= 15 is 0 Å². The molecule has 0 heterocycles. The summed E-state index contributed by atoms with van der Waals surface area (Å²) >= 11 is 6.21. The van der Waals surface area contributed by atoms with Gasteiger partial charge in [0.25, 0.3) is 0 Å². The molecule has 0 aliphatic heterocycles. The van der Waals surface area contributed by atoms with Crippen LogP contribution in [-0.4, -0.2) is 13.1 Å². The zero-order valence-electron chi connectivity index (χ0n) is 10.2. The summed E-state index contributed by atoms with van der Waals surface area (Å²) in [6.07, 6.45) is 5.95. The molecule has 2 unspecified atom stereocenters. The average Bonchev–Trinajstić information content (AvgIpc) is 2.57. The van der Waals surface area contributed by atoms with Crippen LogP contribution in [0.3, 0.4) is 0 Å². The van der Waals surface area contributed by atoms with Gasteiger partial charge in [-0.05, 0) is 43.7 Å². The van der Waals surface area contributed by atoms with Crippen LogP contribution in [0.4, 0.5) is 4.39 Å². The van der Waals surface area contributed by atoms with Gasteiger partial charge in [-0.15, -0.1) is 0 Å². The van der Waals surface area contributed by atoms with Crippen molar-refractivity contribution >= 4 is 11.6 Å². The molecule has 0 amide bonds. The van der Waals surface area contributed by atoms with Crippen LogP contribution in [0.25, 0.3) is 0 Å². The molecule has 0 aromatic heterocycles. The summed E-state index contributed by atoms with van der Waals surface area (Å²) < 4.78 is 13.4. The largest absolute Gasteiger partial charge is 0.316 e. The lowest BCUT2D eigenvalue weighted by molar-refractivity contribution is 0.438. The van der Waals surface area contributed by atoms with Crippen LogP contribution in [0.15, 0.2) is 18.2 Å². The molecular weight excluding hydrogens is 237 g/mol. The standard InChI is InChI=1S/C14H19ClFN/c1-17-14-6-4-2-3-5-11(14)12-9-10(16)7-8-13(12)15/h7-9,11,14,17H,2-6H2,1H3. The van der Waals surface area contributed by atoms with Crippen molar-refractivity contribution in [1.29, 1.82) is 0 Å². The van der Waals surface area contributed by atoms with Gasteiger partial charge in [0.1, 0.15) is 5.82 Å². The van der Waals surface area contributed by atoms with Gasteiger partial charge in [-0.2, -0.15) is 0 Å². The first kappa shape index (κ1) is 12.8. The molecule has 17 heavy (non-hydrogen) atoms. The van der Waals surface area contributed by atoms with E-state index in [2.05, 4.69) is 5.32 Å². The van der Waals surface area contributed by atoms with Crippen molar-refractivity contribution in [1.82, 2.24) is 5.32 Å². The second-order valence-corrected chi connectivity index (χ2v) is 5.21.